The van der Waals surface area contributed by atoms with Crippen molar-refractivity contribution in [1.82, 2.24) is 0 Å². The molecule has 0 aromatic carbocycles. The maximum atomic E-state index is 2.32. The standard InChI is InChI=1S/C105H212/c1-3-5-7-9-11-13-15-17-19-21-23-25-27-29-31-33-35-37-39-41-43-45-47-49-51-53-55-57-59-61-63-65-67-69-71-73-75-77-79-81-83-85-87-89-91-93-95-97-99-101-103-105-104-102-100-98-96-94-92-90-88-86-84-82-80-78-76-74-72-70-68-66-64-62-60-58-56-54-52-50-48-46-44-42-40-38-36-34-32-30-28-26-24-22-20-18-16-14-12-10-8-6-4-2/h3-105H2,1-2H3. The van der Waals surface area contributed by atoms with E-state index in [0.717, 1.165) is 0 Å². The van der Waals surface area contributed by atoms with Gasteiger partial charge in [0.15, 0.2) is 0 Å². The van der Waals surface area contributed by atoms with Crippen LogP contribution in [-0.2, 0) is 0 Å². The Kier molecular flexibility index (Phi) is 104. The largest absolute Gasteiger partial charge is 0.0654 e. The molecular formula is C105H212. The predicted molar refractivity (Wildman–Crippen MR) is 487 cm³/mol. The van der Waals surface area contributed by atoms with Crippen LogP contribution in [0.2, 0.25) is 0 Å². The van der Waals surface area contributed by atoms with E-state index in [4.69, 9.17) is 0 Å². The molecule has 0 aromatic rings. The third kappa shape index (κ3) is 104. The summed E-state index contributed by atoms with van der Waals surface area (Å²) in [5.74, 6) is 0. The van der Waals surface area contributed by atoms with E-state index in [9.17, 15) is 0 Å². The highest BCUT2D eigenvalue weighted by molar-refractivity contribution is 4.60. The molecule has 0 radical (unpaired) electrons. The van der Waals surface area contributed by atoms with Gasteiger partial charge in [-0.15, -0.1) is 0 Å². The van der Waals surface area contributed by atoms with Crippen LogP contribution in [0.4, 0.5) is 0 Å². The first-order valence-corrected chi connectivity index (χ1v) is 52.4. The van der Waals surface area contributed by atoms with Gasteiger partial charge in [-0.05, 0) is 0 Å². The van der Waals surface area contributed by atoms with Crippen LogP contribution in [0, 0.1) is 0 Å². The van der Waals surface area contributed by atoms with E-state index >= 15 is 0 Å². The zero-order valence-electron chi connectivity index (χ0n) is 74.8. The molecule has 0 N–H and O–H groups in total. The molecule has 0 bridgehead atoms. The van der Waals surface area contributed by atoms with Crippen LogP contribution in [0.3, 0.4) is 0 Å². The van der Waals surface area contributed by atoms with Gasteiger partial charge >= 0.3 is 0 Å². The summed E-state index contributed by atoms with van der Waals surface area (Å²) in [6, 6.07) is 0. The SMILES string of the molecule is CCCCCCCCCCCCCCCCCCCCCCCCCCCCCCCCCCCCCCCCCCCCCCCCCCCCCCCCCCCCCCCCCCCCCCCCCCCCCCCCCCCCCCCCCCCCCCCCCCCCCCCCC. The van der Waals surface area contributed by atoms with Gasteiger partial charge in [-0.3, -0.25) is 0 Å². The second-order valence-electron chi connectivity index (χ2n) is 36.7. The van der Waals surface area contributed by atoms with Crippen LogP contribution in [0.15, 0.2) is 0 Å². The molecule has 0 heteroatoms. The summed E-state index contributed by atoms with van der Waals surface area (Å²) >= 11 is 0. The van der Waals surface area contributed by atoms with Gasteiger partial charge in [-0.2, -0.15) is 0 Å². The molecule has 0 aliphatic carbocycles. The van der Waals surface area contributed by atoms with E-state index in [1.165, 1.54) is 661 Å². The average molecular weight is 1470 g/mol. The Bertz CT molecular complexity index is 1270. The van der Waals surface area contributed by atoms with Gasteiger partial charge in [0, 0.05) is 0 Å². The first-order chi connectivity index (χ1) is 52.4. The van der Waals surface area contributed by atoms with E-state index in [1.54, 1.807) is 0 Å². The van der Waals surface area contributed by atoms with Crippen LogP contribution in [-0.4, -0.2) is 0 Å². The predicted octanol–water partition coefficient (Wildman–Crippen LogP) is 41.2. The number of hydrogen-bond acceptors (Lipinski definition) is 0. The molecule has 0 spiro atoms. The molecule has 0 atom stereocenters. The Labute approximate surface area is 671 Å². The molecule has 0 nitrogen and oxygen atoms in total. The smallest absolute Gasteiger partial charge is 0.0533 e. The Morgan fingerprint density at radius 1 is 0.0476 bits per heavy atom. The molecule has 0 aliphatic rings. The first-order valence-electron chi connectivity index (χ1n) is 52.4. The highest BCUT2D eigenvalue weighted by atomic mass is 14.1. The summed E-state index contributed by atoms with van der Waals surface area (Å²) in [4.78, 5) is 0. The summed E-state index contributed by atoms with van der Waals surface area (Å²) in [7, 11) is 0. The van der Waals surface area contributed by atoms with E-state index < -0.39 is 0 Å². The minimum absolute atomic E-state index is 1.37. The third-order valence-electron chi connectivity index (χ3n) is 25.7. The maximum absolute atomic E-state index is 2.32. The first kappa shape index (κ1) is 105. The summed E-state index contributed by atoms with van der Waals surface area (Å²) in [6.45, 7) is 4.64. The molecule has 0 aliphatic heterocycles. The van der Waals surface area contributed by atoms with Crippen molar-refractivity contribution in [2.45, 2.75) is 675 Å². The Morgan fingerprint density at radius 3 is 0.105 bits per heavy atom. The van der Waals surface area contributed by atoms with Crippen molar-refractivity contribution in [1.29, 1.82) is 0 Å². The summed E-state index contributed by atoms with van der Waals surface area (Å²) in [5.41, 5.74) is 0. The molecular weight excluding hydrogens is 1260 g/mol. The molecule has 0 rings (SSSR count). The Hall–Kier alpha value is 0. The lowest BCUT2D eigenvalue weighted by Gasteiger charge is -2.05. The molecule has 632 valence electrons. The minimum atomic E-state index is 1.37. The number of rotatable bonds is 102. The van der Waals surface area contributed by atoms with Gasteiger partial charge in [0.1, 0.15) is 0 Å². The fourth-order valence-electron chi connectivity index (χ4n) is 18.0. The van der Waals surface area contributed by atoms with E-state index in [-0.39, 0.29) is 0 Å². The molecule has 0 aromatic heterocycles. The molecule has 0 saturated carbocycles. The molecule has 0 saturated heterocycles. The topological polar surface area (TPSA) is 0 Å². The van der Waals surface area contributed by atoms with E-state index in [2.05, 4.69) is 13.8 Å². The van der Waals surface area contributed by atoms with Crippen molar-refractivity contribution in [3.8, 4) is 0 Å². The highest BCUT2D eigenvalue weighted by Crippen LogP contribution is 2.24. The average Bonchev–Trinajstić information content (AvgIpc) is 3.78. The zero-order chi connectivity index (χ0) is 74.8. The summed E-state index contributed by atoms with van der Waals surface area (Å²) in [5, 5.41) is 0. The quantitative estimate of drug-likeness (QED) is 0.0533. The summed E-state index contributed by atoms with van der Waals surface area (Å²) < 4.78 is 0. The highest BCUT2D eigenvalue weighted by Gasteiger charge is 2.04. The van der Waals surface area contributed by atoms with Gasteiger partial charge in [-0.1, -0.05) is 675 Å². The molecule has 0 unspecified atom stereocenters. The van der Waals surface area contributed by atoms with Crippen LogP contribution >= 0.6 is 0 Å². The Morgan fingerprint density at radius 2 is 0.0762 bits per heavy atom. The molecule has 0 heterocycles. The monoisotopic (exact) mass is 1470 g/mol. The van der Waals surface area contributed by atoms with E-state index in [0.29, 0.717) is 0 Å². The lowest BCUT2D eigenvalue weighted by Crippen LogP contribution is -1.85. The number of unbranched alkanes of at least 4 members (excludes halogenated alkanes) is 102. The van der Waals surface area contributed by atoms with E-state index in [1.807, 2.05) is 0 Å². The lowest BCUT2D eigenvalue weighted by atomic mass is 10.0. The fraction of sp³-hybridized carbons (Fsp3) is 1.00. The second-order valence-corrected chi connectivity index (χ2v) is 36.7. The van der Waals surface area contributed by atoms with Gasteiger partial charge in [0.05, 0.1) is 0 Å². The second kappa shape index (κ2) is 104. The Balaban J connectivity index is 3.09. The van der Waals surface area contributed by atoms with Crippen LogP contribution < -0.4 is 0 Å². The van der Waals surface area contributed by atoms with Crippen molar-refractivity contribution in [3.63, 3.8) is 0 Å². The van der Waals surface area contributed by atoms with Crippen molar-refractivity contribution in [2.24, 2.45) is 0 Å². The minimum Gasteiger partial charge on any atom is -0.0654 e. The normalized spacial score (nSPS) is 11.8. The zero-order valence-corrected chi connectivity index (χ0v) is 74.8. The van der Waals surface area contributed by atoms with Crippen molar-refractivity contribution < 1.29 is 0 Å². The van der Waals surface area contributed by atoms with Gasteiger partial charge in [0.2, 0.25) is 0 Å². The van der Waals surface area contributed by atoms with Crippen LogP contribution in [0.5, 0.6) is 0 Å². The third-order valence-corrected chi connectivity index (χ3v) is 25.7. The molecule has 0 amide bonds. The number of hydrogen-bond donors (Lipinski definition) is 0. The molecule has 105 heavy (non-hydrogen) atoms. The van der Waals surface area contributed by atoms with Crippen LogP contribution in [0.25, 0.3) is 0 Å². The van der Waals surface area contributed by atoms with Gasteiger partial charge in [-0.25, -0.2) is 0 Å². The summed E-state index contributed by atoms with van der Waals surface area (Å²) in [6.07, 6.45) is 154. The van der Waals surface area contributed by atoms with Gasteiger partial charge in [0.25, 0.3) is 0 Å². The van der Waals surface area contributed by atoms with Crippen molar-refractivity contribution in [2.75, 3.05) is 0 Å². The lowest BCUT2D eigenvalue weighted by molar-refractivity contribution is 0.505. The van der Waals surface area contributed by atoms with Crippen molar-refractivity contribution >= 4 is 0 Å². The van der Waals surface area contributed by atoms with Gasteiger partial charge < -0.3 is 0 Å². The fourth-order valence-corrected chi connectivity index (χ4v) is 18.0. The van der Waals surface area contributed by atoms with Crippen LogP contribution in [0.1, 0.15) is 675 Å². The van der Waals surface area contributed by atoms with Crippen molar-refractivity contribution in [3.05, 3.63) is 0 Å². The maximum Gasteiger partial charge on any atom is -0.0533 e. The molecule has 0 fully saturated rings.